The van der Waals surface area contributed by atoms with Crippen molar-refractivity contribution in [2.75, 3.05) is 11.5 Å². The molecule has 2 aromatic heterocycles. The van der Waals surface area contributed by atoms with Crippen LogP contribution in [0.2, 0.25) is 0 Å². The predicted octanol–water partition coefficient (Wildman–Crippen LogP) is 2.12. The molecule has 2 N–H and O–H groups in total. The molecule has 1 fully saturated rings. The van der Waals surface area contributed by atoms with E-state index in [-0.39, 0.29) is 29.0 Å². The van der Waals surface area contributed by atoms with Crippen molar-refractivity contribution in [1.82, 2.24) is 19.3 Å². The monoisotopic (exact) mass is 388 g/mol. The molecule has 0 aliphatic carbocycles. The molecular formula is C18H20N4O4S. The Morgan fingerprint density at radius 2 is 1.96 bits per heavy atom. The molecule has 8 nitrogen and oxygen atoms in total. The van der Waals surface area contributed by atoms with Crippen molar-refractivity contribution in [2.45, 2.75) is 26.3 Å². The van der Waals surface area contributed by atoms with E-state index in [1.807, 2.05) is 18.4 Å². The fourth-order valence-corrected chi connectivity index (χ4v) is 5.38. The third-order valence-electron chi connectivity index (χ3n) is 4.96. The minimum atomic E-state index is -3.01. The first-order valence-corrected chi connectivity index (χ1v) is 10.4. The minimum absolute atomic E-state index is 0.108. The Labute approximate surface area is 156 Å². The van der Waals surface area contributed by atoms with E-state index in [0.29, 0.717) is 17.8 Å². The van der Waals surface area contributed by atoms with Gasteiger partial charge in [0.15, 0.2) is 21.3 Å². The van der Waals surface area contributed by atoms with E-state index < -0.39 is 9.84 Å². The molecule has 0 radical (unpaired) electrons. The lowest BCUT2D eigenvalue weighted by atomic mass is 10.2. The molecule has 9 heteroatoms. The quantitative estimate of drug-likeness (QED) is 0.665. The maximum absolute atomic E-state index is 11.8. The molecule has 1 aliphatic rings. The van der Waals surface area contributed by atoms with Crippen LogP contribution in [0.3, 0.4) is 0 Å². The van der Waals surface area contributed by atoms with Crippen molar-refractivity contribution in [1.29, 1.82) is 0 Å². The van der Waals surface area contributed by atoms with Crippen LogP contribution in [0.15, 0.2) is 30.6 Å². The van der Waals surface area contributed by atoms with Crippen molar-refractivity contribution in [3.05, 3.63) is 42.0 Å². The van der Waals surface area contributed by atoms with Crippen molar-refractivity contribution >= 4 is 9.84 Å². The Morgan fingerprint density at radius 1 is 1.19 bits per heavy atom. The van der Waals surface area contributed by atoms with E-state index in [9.17, 15) is 18.6 Å². The standard InChI is InChI=1S/C18H20N4O4S/c1-11-17(12(2)22(20-11)14-5-8-27(25,26)10-14)21-7-6-19-18(21)13-3-4-15(23)16(24)9-13/h3-4,6-7,9,14,23-24H,5,8,10H2,1-2H3. The fraction of sp³-hybridized carbons (Fsp3) is 0.333. The van der Waals surface area contributed by atoms with Crippen LogP contribution in [-0.4, -0.2) is 49.5 Å². The van der Waals surface area contributed by atoms with Gasteiger partial charge in [-0.15, -0.1) is 0 Å². The second-order valence-corrected chi connectivity index (χ2v) is 9.07. The average molecular weight is 388 g/mol. The third kappa shape index (κ3) is 2.97. The predicted molar refractivity (Wildman–Crippen MR) is 99.9 cm³/mol. The Kier molecular flexibility index (Phi) is 3.99. The summed E-state index contributed by atoms with van der Waals surface area (Å²) in [6.45, 7) is 3.79. The maximum Gasteiger partial charge on any atom is 0.158 e. The third-order valence-corrected chi connectivity index (χ3v) is 6.71. The Morgan fingerprint density at radius 3 is 2.63 bits per heavy atom. The highest BCUT2D eigenvalue weighted by Gasteiger charge is 2.32. The summed E-state index contributed by atoms with van der Waals surface area (Å²) in [5.74, 6) is 0.475. The molecule has 3 aromatic rings. The number of nitrogens with zero attached hydrogens (tertiary/aromatic N) is 4. The molecule has 0 saturated carbocycles. The molecule has 1 aromatic carbocycles. The van der Waals surface area contributed by atoms with E-state index in [0.717, 1.165) is 17.1 Å². The number of aromatic nitrogens is 4. The SMILES string of the molecule is Cc1nn(C2CCS(=O)(=O)C2)c(C)c1-n1ccnc1-c1ccc(O)c(O)c1. The van der Waals surface area contributed by atoms with Crippen molar-refractivity contribution in [3.8, 4) is 28.6 Å². The van der Waals surface area contributed by atoms with Crippen LogP contribution in [-0.2, 0) is 9.84 Å². The number of benzene rings is 1. The Hall–Kier alpha value is -2.81. The number of hydrogen-bond acceptors (Lipinski definition) is 6. The summed E-state index contributed by atoms with van der Waals surface area (Å²) in [7, 11) is -3.01. The van der Waals surface area contributed by atoms with Gasteiger partial charge in [0.1, 0.15) is 5.82 Å². The summed E-state index contributed by atoms with van der Waals surface area (Å²) < 4.78 is 27.4. The number of imidazole rings is 1. The zero-order valence-electron chi connectivity index (χ0n) is 15.0. The second kappa shape index (κ2) is 6.12. The van der Waals surface area contributed by atoms with Crippen LogP contribution in [0.25, 0.3) is 17.1 Å². The van der Waals surface area contributed by atoms with Gasteiger partial charge in [0.25, 0.3) is 0 Å². The molecule has 0 amide bonds. The van der Waals surface area contributed by atoms with Crippen LogP contribution in [0.5, 0.6) is 11.5 Å². The minimum Gasteiger partial charge on any atom is -0.504 e. The van der Waals surface area contributed by atoms with E-state index >= 15 is 0 Å². The number of aryl methyl sites for hydroxylation is 1. The highest BCUT2D eigenvalue weighted by Crippen LogP contribution is 2.33. The van der Waals surface area contributed by atoms with Crippen LogP contribution in [0.1, 0.15) is 23.9 Å². The topological polar surface area (TPSA) is 110 Å². The van der Waals surface area contributed by atoms with Gasteiger partial charge in [0, 0.05) is 18.0 Å². The largest absolute Gasteiger partial charge is 0.504 e. The normalized spacial score (nSPS) is 18.8. The lowest BCUT2D eigenvalue weighted by Crippen LogP contribution is -2.14. The molecule has 1 unspecified atom stereocenters. The Balaban J connectivity index is 1.80. The summed E-state index contributed by atoms with van der Waals surface area (Å²) in [5, 5.41) is 23.9. The number of hydrogen-bond donors (Lipinski definition) is 2. The van der Waals surface area contributed by atoms with Crippen molar-refractivity contribution < 1.29 is 18.6 Å². The molecule has 27 heavy (non-hydrogen) atoms. The molecule has 3 heterocycles. The lowest BCUT2D eigenvalue weighted by molar-refractivity contribution is 0.404. The molecule has 4 rings (SSSR count). The Bertz CT molecular complexity index is 1130. The van der Waals surface area contributed by atoms with Gasteiger partial charge < -0.3 is 10.2 Å². The highest BCUT2D eigenvalue weighted by atomic mass is 32.2. The van der Waals surface area contributed by atoms with Crippen LogP contribution in [0.4, 0.5) is 0 Å². The van der Waals surface area contributed by atoms with Gasteiger partial charge in [-0.1, -0.05) is 0 Å². The first kappa shape index (κ1) is 17.6. The molecular weight excluding hydrogens is 368 g/mol. The number of phenols is 2. The lowest BCUT2D eigenvalue weighted by Gasteiger charge is -2.13. The zero-order chi connectivity index (χ0) is 19.3. The van der Waals surface area contributed by atoms with Crippen LogP contribution < -0.4 is 0 Å². The molecule has 0 bridgehead atoms. The molecule has 142 valence electrons. The van der Waals surface area contributed by atoms with Crippen LogP contribution >= 0.6 is 0 Å². The van der Waals surface area contributed by atoms with Gasteiger partial charge in [0.05, 0.1) is 34.6 Å². The molecule has 1 aliphatic heterocycles. The average Bonchev–Trinajstić information content (AvgIpc) is 3.28. The summed E-state index contributed by atoms with van der Waals surface area (Å²) in [5.41, 5.74) is 3.10. The van der Waals surface area contributed by atoms with Gasteiger partial charge in [-0.3, -0.25) is 9.25 Å². The van der Waals surface area contributed by atoms with Gasteiger partial charge in [-0.25, -0.2) is 13.4 Å². The zero-order valence-corrected chi connectivity index (χ0v) is 15.8. The van der Waals surface area contributed by atoms with E-state index in [1.165, 1.54) is 12.1 Å². The number of sulfone groups is 1. The van der Waals surface area contributed by atoms with Crippen molar-refractivity contribution in [2.24, 2.45) is 0 Å². The smallest absolute Gasteiger partial charge is 0.158 e. The summed E-state index contributed by atoms with van der Waals surface area (Å²) in [6, 6.07) is 4.38. The number of phenolic OH excluding ortho intramolecular Hbond substituents is 2. The van der Waals surface area contributed by atoms with E-state index in [2.05, 4.69) is 10.1 Å². The number of rotatable bonds is 3. The van der Waals surface area contributed by atoms with Gasteiger partial charge in [0.2, 0.25) is 0 Å². The van der Waals surface area contributed by atoms with Gasteiger partial charge >= 0.3 is 0 Å². The summed E-state index contributed by atoms with van der Waals surface area (Å²) in [4.78, 5) is 4.38. The summed E-state index contributed by atoms with van der Waals surface area (Å²) in [6.07, 6.45) is 4.01. The van der Waals surface area contributed by atoms with E-state index in [1.54, 1.807) is 23.1 Å². The second-order valence-electron chi connectivity index (χ2n) is 6.85. The number of aromatic hydroxyl groups is 2. The molecule has 1 atom stereocenters. The van der Waals surface area contributed by atoms with Gasteiger partial charge in [-0.2, -0.15) is 5.10 Å². The first-order valence-electron chi connectivity index (χ1n) is 8.59. The maximum atomic E-state index is 11.8. The first-order chi connectivity index (χ1) is 12.8. The fourth-order valence-electron chi connectivity index (χ4n) is 3.69. The van der Waals surface area contributed by atoms with Crippen molar-refractivity contribution in [3.63, 3.8) is 0 Å². The molecule has 0 spiro atoms. The highest BCUT2D eigenvalue weighted by molar-refractivity contribution is 7.91. The van der Waals surface area contributed by atoms with Crippen LogP contribution in [0, 0.1) is 13.8 Å². The van der Waals surface area contributed by atoms with Gasteiger partial charge in [-0.05, 0) is 38.5 Å². The molecule has 1 saturated heterocycles. The van der Waals surface area contributed by atoms with E-state index in [4.69, 9.17) is 0 Å². The summed E-state index contributed by atoms with van der Waals surface area (Å²) >= 11 is 0.